The van der Waals surface area contributed by atoms with Gasteiger partial charge >= 0.3 is 12.1 Å². The summed E-state index contributed by atoms with van der Waals surface area (Å²) >= 11 is 0. The maximum atomic E-state index is 12.5. The van der Waals surface area contributed by atoms with Gasteiger partial charge in [-0.05, 0) is 52.8 Å². The highest BCUT2D eigenvalue weighted by atomic mass is 16.5. The highest BCUT2D eigenvalue weighted by molar-refractivity contribution is 5.96. The molecule has 7 nitrogen and oxygen atoms in total. The van der Waals surface area contributed by atoms with Crippen molar-refractivity contribution in [3.63, 3.8) is 0 Å². The summed E-state index contributed by atoms with van der Waals surface area (Å²) in [6, 6.07) is 22.9. The molecule has 0 saturated heterocycles. The number of carboxylic acid groups (broad SMARTS) is 1. The van der Waals surface area contributed by atoms with Crippen LogP contribution in [0.2, 0.25) is 0 Å². The van der Waals surface area contributed by atoms with Crippen LogP contribution in [0.4, 0.5) is 10.5 Å². The number of aliphatic carboxylic acids is 1. The van der Waals surface area contributed by atoms with Crippen molar-refractivity contribution in [3.8, 4) is 11.1 Å². The van der Waals surface area contributed by atoms with Gasteiger partial charge in [-0.3, -0.25) is 14.9 Å². The van der Waals surface area contributed by atoms with Crippen LogP contribution in [0.15, 0.2) is 72.8 Å². The third kappa shape index (κ3) is 5.87. The summed E-state index contributed by atoms with van der Waals surface area (Å²) in [5.74, 6) is -1.14. The van der Waals surface area contributed by atoms with E-state index in [1.807, 2.05) is 31.2 Å². The second kappa shape index (κ2) is 10.9. The fourth-order valence-corrected chi connectivity index (χ4v) is 4.33. The van der Waals surface area contributed by atoms with Gasteiger partial charge < -0.3 is 15.2 Å². The molecule has 0 aliphatic heterocycles. The first-order chi connectivity index (χ1) is 16.9. The van der Waals surface area contributed by atoms with E-state index < -0.39 is 12.1 Å². The van der Waals surface area contributed by atoms with E-state index in [2.05, 4.69) is 34.9 Å². The molecule has 1 aliphatic rings. The predicted molar refractivity (Wildman–Crippen MR) is 134 cm³/mol. The Hall–Kier alpha value is -4.13. The summed E-state index contributed by atoms with van der Waals surface area (Å²) in [5.41, 5.74) is 5.44. The van der Waals surface area contributed by atoms with Crippen LogP contribution >= 0.6 is 0 Å². The summed E-state index contributed by atoms with van der Waals surface area (Å²) in [6.45, 7) is 2.46. The molecular weight excluding hydrogens is 444 g/mol. The first kappa shape index (κ1) is 24.0. The quantitative estimate of drug-likeness (QED) is 0.393. The van der Waals surface area contributed by atoms with E-state index in [4.69, 9.17) is 9.84 Å². The van der Waals surface area contributed by atoms with Gasteiger partial charge in [0.1, 0.15) is 6.61 Å². The number of rotatable bonds is 9. The van der Waals surface area contributed by atoms with E-state index in [1.165, 1.54) is 0 Å². The number of nitrogens with one attached hydrogen (secondary N) is 2. The minimum atomic E-state index is -0.852. The molecule has 180 valence electrons. The molecule has 3 aromatic carbocycles. The largest absolute Gasteiger partial charge is 0.481 e. The maximum Gasteiger partial charge on any atom is 0.411 e. The molecule has 0 saturated carbocycles. The molecule has 0 radical (unpaired) electrons. The fourth-order valence-electron chi connectivity index (χ4n) is 4.33. The molecular formula is C28H28N2O5. The van der Waals surface area contributed by atoms with Gasteiger partial charge in [0, 0.05) is 30.1 Å². The Balaban J connectivity index is 1.33. The number of carbonyl (C=O) groups is 3. The van der Waals surface area contributed by atoms with Gasteiger partial charge in [0.15, 0.2) is 0 Å². The van der Waals surface area contributed by atoms with Crippen molar-refractivity contribution in [1.82, 2.24) is 5.32 Å². The number of benzene rings is 3. The second-order valence-corrected chi connectivity index (χ2v) is 8.78. The predicted octanol–water partition coefficient (Wildman–Crippen LogP) is 5.28. The lowest BCUT2D eigenvalue weighted by atomic mass is 9.98. The summed E-state index contributed by atoms with van der Waals surface area (Å²) in [6.07, 6.45) is -0.0398. The lowest BCUT2D eigenvalue weighted by Crippen LogP contribution is -2.28. The molecule has 0 heterocycles. The zero-order valence-corrected chi connectivity index (χ0v) is 19.5. The van der Waals surface area contributed by atoms with Crippen LogP contribution in [0.25, 0.3) is 11.1 Å². The number of hydrogen-bond donors (Lipinski definition) is 3. The van der Waals surface area contributed by atoms with Gasteiger partial charge in [-0.25, -0.2) is 4.79 Å². The molecule has 0 fully saturated rings. The number of carboxylic acids is 1. The van der Waals surface area contributed by atoms with Crippen LogP contribution in [0.1, 0.15) is 47.2 Å². The van der Waals surface area contributed by atoms with Crippen LogP contribution in [0, 0.1) is 5.92 Å². The summed E-state index contributed by atoms with van der Waals surface area (Å²) in [5, 5.41) is 14.3. The number of anilines is 1. The average Bonchev–Trinajstić information content (AvgIpc) is 3.18. The van der Waals surface area contributed by atoms with Crippen LogP contribution in [0.3, 0.4) is 0 Å². The van der Waals surface area contributed by atoms with Crippen LogP contribution < -0.4 is 10.6 Å². The number of carbonyl (C=O) groups excluding carboxylic acids is 2. The van der Waals surface area contributed by atoms with E-state index in [0.717, 1.165) is 22.3 Å². The van der Waals surface area contributed by atoms with Crippen molar-refractivity contribution < 1.29 is 24.2 Å². The first-order valence-electron chi connectivity index (χ1n) is 11.6. The normalized spacial score (nSPS) is 12.8. The minimum Gasteiger partial charge on any atom is -0.481 e. The van der Waals surface area contributed by atoms with Gasteiger partial charge in [-0.2, -0.15) is 0 Å². The highest BCUT2D eigenvalue weighted by Crippen LogP contribution is 2.44. The van der Waals surface area contributed by atoms with Crippen molar-refractivity contribution in [2.45, 2.75) is 25.7 Å². The molecule has 0 aromatic heterocycles. The molecule has 0 spiro atoms. The average molecular weight is 473 g/mol. The molecule has 3 aromatic rings. The van der Waals surface area contributed by atoms with Crippen molar-refractivity contribution in [2.75, 3.05) is 18.5 Å². The maximum absolute atomic E-state index is 12.5. The molecule has 1 unspecified atom stereocenters. The van der Waals surface area contributed by atoms with Crippen molar-refractivity contribution in [3.05, 3.63) is 89.5 Å². The lowest BCUT2D eigenvalue weighted by molar-refractivity contribution is -0.137. The zero-order valence-electron chi connectivity index (χ0n) is 19.5. The summed E-state index contributed by atoms with van der Waals surface area (Å²) in [4.78, 5) is 35.7. The van der Waals surface area contributed by atoms with Gasteiger partial charge in [0.25, 0.3) is 5.91 Å². The Bertz CT molecular complexity index is 1190. The van der Waals surface area contributed by atoms with Crippen LogP contribution in [-0.4, -0.2) is 36.2 Å². The summed E-state index contributed by atoms with van der Waals surface area (Å²) in [7, 11) is 0. The van der Waals surface area contributed by atoms with Crippen LogP contribution in [0.5, 0.6) is 0 Å². The second-order valence-electron chi connectivity index (χ2n) is 8.78. The first-order valence-corrected chi connectivity index (χ1v) is 11.6. The van der Waals surface area contributed by atoms with E-state index in [9.17, 15) is 14.4 Å². The molecule has 4 rings (SSSR count). The smallest absolute Gasteiger partial charge is 0.411 e. The molecule has 35 heavy (non-hydrogen) atoms. The molecule has 2 amide bonds. The Morgan fingerprint density at radius 1 is 0.943 bits per heavy atom. The summed E-state index contributed by atoms with van der Waals surface area (Å²) < 4.78 is 5.57. The van der Waals surface area contributed by atoms with E-state index in [1.54, 1.807) is 24.3 Å². The van der Waals surface area contributed by atoms with E-state index in [-0.39, 0.29) is 30.8 Å². The van der Waals surface area contributed by atoms with E-state index >= 15 is 0 Å². The Morgan fingerprint density at radius 2 is 1.60 bits per heavy atom. The molecule has 1 aliphatic carbocycles. The highest BCUT2D eigenvalue weighted by Gasteiger charge is 2.29. The molecule has 0 bridgehead atoms. The Labute approximate surface area is 204 Å². The minimum absolute atomic E-state index is 0.0339. The number of ether oxygens (including phenoxy) is 1. The molecule has 3 N–H and O–H groups in total. The molecule has 1 atom stereocenters. The van der Waals surface area contributed by atoms with Gasteiger partial charge in [-0.15, -0.1) is 0 Å². The van der Waals surface area contributed by atoms with Gasteiger partial charge in [0.2, 0.25) is 0 Å². The third-order valence-corrected chi connectivity index (χ3v) is 6.18. The van der Waals surface area contributed by atoms with Crippen LogP contribution in [-0.2, 0) is 9.53 Å². The van der Waals surface area contributed by atoms with Crippen molar-refractivity contribution >= 4 is 23.7 Å². The lowest BCUT2D eigenvalue weighted by Gasteiger charge is -2.15. The topological polar surface area (TPSA) is 105 Å². The molecule has 7 heteroatoms. The van der Waals surface area contributed by atoms with Gasteiger partial charge in [-0.1, -0.05) is 61.5 Å². The number of fused-ring (bicyclic) bond motifs is 3. The Morgan fingerprint density at radius 3 is 2.26 bits per heavy atom. The fraction of sp³-hybridized carbons (Fsp3) is 0.250. The third-order valence-electron chi connectivity index (χ3n) is 6.18. The SMILES string of the molecule is CC(CCC(=O)O)CNC(=O)c1cccc(NC(=O)OCC2c3ccccc3-c3ccccc32)c1. The number of hydrogen-bond acceptors (Lipinski definition) is 4. The van der Waals surface area contributed by atoms with Crippen molar-refractivity contribution in [1.29, 1.82) is 0 Å². The zero-order chi connectivity index (χ0) is 24.8. The van der Waals surface area contributed by atoms with E-state index in [0.29, 0.717) is 24.2 Å². The standard InChI is InChI=1S/C28H28N2O5/c1-18(13-14-26(31)32)16-29-27(33)19-7-6-8-20(15-19)30-28(34)35-17-25-23-11-4-2-9-21(23)22-10-3-5-12-24(22)25/h2-12,15,18,25H,13-14,16-17H2,1H3,(H,29,33)(H,30,34)(H,31,32). The van der Waals surface area contributed by atoms with Gasteiger partial charge in [0.05, 0.1) is 0 Å². The number of amides is 2. The Kier molecular flexibility index (Phi) is 7.45. The van der Waals surface area contributed by atoms with Crippen molar-refractivity contribution in [2.24, 2.45) is 5.92 Å². The monoisotopic (exact) mass is 472 g/mol.